The smallest absolute Gasteiger partial charge is 0.190 e. The molecule has 0 saturated carbocycles. The Hall–Kier alpha value is -1.56. The van der Waals surface area contributed by atoms with Gasteiger partial charge in [-0.2, -0.15) is 0 Å². The van der Waals surface area contributed by atoms with Crippen LogP contribution in [0.5, 0.6) is 0 Å². The largest absolute Gasteiger partial charge is 0.384 e. The molecule has 0 spiro atoms. The fraction of sp³-hybridized carbons (Fsp3) is 0.300. The molecule has 0 fully saturated rings. The van der Waals surface area contributed by atoms with E-state index in [-0.39, 0.29) is 0 Å². The van der Waals surface area contributed by atoms with E-state index in [1.54, 1.807) is 6.07 Å². The van der Waals surface area contributed by atoms with Crippen LogP contribution in [0, 0.1) is 13.8 Å². The van der Waals surface area contributed by atoms with E-state index in [4.69, 9.17) is 10.3 Å². The summed E-state index contributed by atoms with van der Waals surface area (Å²) >= 11 is 1.49. The van der Waals surface area contributed by atoms with Crippen molar-refractivity contribution in [3.63, 3.8) is 0 Å². The Balaban J connectivity index is 2.04. The average molecular weight is 236 g/mol. The van der Waals surface area contributed by atoms with Crippen molar-refractivity contribution in [3.05, 3.63) is 29.3 Å². The second-order valence-electron chi connectivity index (χ2n) is 3.43. The Morgan fingerprint density at radius 2 is 2.12 bits per heavy atom. The number of nitrogens with zero attached hydrogens (tertiary/aromatic N) is 3. The van der Waals surface area contributed by atoms with E-state index in [2.05, 4.69) is 15.1 Å². The Morgan fingerprint density at radius 1 is 1.31 bits per heavy atom. The molecule has 16 heavy (non-hydrogen) atoms. The van der Waals surface area contributed by atoms with Gasteiger partial charge in [0.1, 0.15) is 11.6 Å². The van der Waals surface area contributed by atoms with Crippen molar-refractivity contribution in [1.29, 1.82) is 0 Å². The van der Waals surface area contributed by atoms with Crippen LogP contribution in [-0.4, -0.2) is 15.1 Å². The van der Waals surface area contributed by atoms with Crippen LogP contribution in [0.25, 0.3) is 0 Å². The van der Waals surface area contributed by atoms with E-state index in [1.165, 1.54) is 11.8 Å². The number of aromatic nitrogens is 3. The predicted molar refractivity (Wildman–Crippen MR) is 62.0 cm³/mol. The predicted octanol–water partition coefficient (Wildman–Crippen LogP) is 1.96. The molecule has 0 unspecified atom stereocenters. The quantitative estimate of drug-likeness (QED) is 0.648. The summed E-state index contributed by atoms with van der Waals surface area (Å²) in [6.45, 7) is 3.75. The van der Waals surface area contributed by atoms with Crippen LogP contribution in [-0.2, 0) is 5.75 Å². The molecule has 2 N–H and O–H groups in total. The van der Waals surface area contributed by atoms with Gasteiger partial charge < -0.3 is 10.3 Å². The summed E-state index contributed by atoms with van der Waals surface area (Å²) in [5, 5.41) is 4.56. The first kappa shape index (κ1) is 10.9. The normalized spacial score (nSPS) is 10.6. The van der Waals surface area contributed by atoms with Gasteiger partial charge in [0.25, 0.3) is 0 Å². The average Bonchev–Trinajstić information content (AvgIpc) is 2.60. The first-order valence-electron chi connectivity index (χ1n) is 4.79. The summed E-state index contributed by atoms with van der Waals surface area (Å²) in [6, 6.07) is 3.64. The first-order valence-corrected chi connectivity index (χ1v) is 5.78. The number of nitrogens with two attached hydrogens (primary N) is 1. The number of aryl methyl sites for hydroxylation is 2. The van der Waals surface area contributed by atoms with Gasteiger partial charge in [-0.3, -0.25) is 0 Å². The van der Waals surface area contributed by atoms with Crippen molar-refractivity contribution < 1.29 is 4.52 Å². The highest BCUT2D eigenvalue weighted by Gasteiger charge is 2.04. The van der Waals surface area contributed by atoms with Crippen molar-refractivity contribution >= 4 is 17.6 Å². The zero-order valence-electron chi connectivity index (χ0n) is 9.10. The van der Waals surface area contributed by atoms with Gasteiger partial charge in [-0.15, -0.1) is 0 Å². The molecule has 0 aliphatic carbocycles. The molecular formula is C10H12N4OS. The van der Waals surface area contributed by atoms with Gasteiger partial charge in [-0.05, 0) is 13.8 Å². The lowest BCUT2D eigenvalue weighted by Crippen LogP contribution is -1.96. The van der Waals surface area contributed by atoms with Crippen LogP contribution < -0.4 is 5.73 Å². The second-order valence-corrected chi connectivity index (χ2v) is 4.38. The lowest BCUT2D eigenvalue weighted by Gasteiger charge is -2.00. The number of anilines is 1. The minimum atomic E-state index is 0.492. The molecule has 2 rings (SSSR count). The maximum atomic E-state index is 5.63. The van der Waals surface area contributed by atoms with Crippen LogP contribution in [0.1, 0.15) is 17.1 Å². The third kappa shape index (κ3) is 2.73. The van der Waals surface area contributed by atoms with E-state index in [0.29, 0.717) is 16.7 Å². The lowest BCUT2D eigenvalue weighted by atomic mass is 10.4. The summed E-state index contributed by atoms with van der Waals surface area (Å²) in [6.07, 6.45) is 0. The van der Waals surface area contributed by atoms with Gasteiger partial charge in [0.2, 0.25) is 0 Å². The molecule has 0 saturated heterocycles. The molecule has 2 aromatic rings. The minimum Gasteiger partial charge on any atom is -0.384 e. The Morgan fingerprint density at radius 3 is 2.75 bits per heavy atom. The number of rotatable bonds is 3. The van der Waals surface area contributed by atoms with Gasteiger partial charge in [0, 0.05) is 23.6 Å². The molecule has 6 heteroatoms. The Bertz CT molecular complexity index is 477. The molecule has 0 aliphatic heterocycles. The van der Waals surface area contributed by atoms with E-state index in [9.17, 15) is 0 Å². The maximum absolute atomic E-state index is 5.63. The Kier molecular flexibility index (Phi) is 3.09. The summed E-state index contributed by atoms with van der Waals surface area (Å²) in [5.41, 5.74) is 7.38. The van der Waals surface area contributed by atoms with Crippen LogP contribution in [0.3, 0.4) is 0 Å². The lowest BCUT2D eigenvalue weighted by molar-refractivity contribution is 0.393. The fourth-order valence-corrected chi connectivity index (χ4v) is 2.05. The van der Waals surface area contributed by atoms with E-state index in [0.717, 1.165) is 17.1 Å². The molecule has 0 radical (unpaired) electrons. The summed E-state index contributed by atoms with van der Waals surface area (Å²) in [7, 11) is 0. The van der Waals surface area contributed by atoms with Crippen LogP contribution in [0.4, 0.5) is 5.82 Å². The van der Waals surface area contributed by atoms with E-state index >= 15 is 0 Å². The third-order valence-corrected chi connectivity index (χ3v) is 2.76. The molecule has 0 bridgehead atoms. The van der Waals surface area contributed by atoms with Gasteiger partial charge >= 0.3 is 0 Å². The summed E-state index contributed by atoms with van der Waals surface area (Å²) in [5.74, 6) is 1.98. The number of thioether (sulfide) groups is 1. The van der Waals surface area contributed by atoms with Crippen molar-refractivity contribution in [2.45, 2.75) is 24.8 Å². The molecule has 0 aliphatic rings. The molecule has 0 amide bonds. The molecule has 0 atom stereocenters. The summed E-state index contributed by atoms with van der Waals surface area (Å²) < 4.78 is 4.97. The van der Waals surface area contributed by atoms with E-state index < -0.39 is 0 Å². The van der Waals surface area contributed by atoms with E-state index in [1.807, 2.05) is 19.9 Å². The van der Waals surface area contributed by atoms with Gasteiger partial charge in [0.05, 0.1) is 5.69 Å². The number of nitrogen functional groups attached to an aromatic ring is 1. The fourth-order valence-electron chi connectivity index (χ4n) is 1.25. The van der Waals surface area contributed by atoms with Gasteiger partial charge in [-0.25, -0.2) is 9.97 Å². The minimum absolute atomic E-state index is 0.492. The van der Waals surface area contributed by atoms with Crippen LogP contribution in [0.15, 0.2) is 21.8 Å². The highest BCUT2D eigenvalue weighted by Crippen LogP contribution is 2.20. The Labute approximate surface area is 97.5 Å². The van der Waals surface area contributed by atoms with Crippen molar-refractivity contribution in [3.8, 4) is 0 Å². The van der Waals surface area contributed by atoms with Crippen LogP contribution >= 0.6 is 11.8 Å². The highest BCUT2D eigenvalue weighted by atomic mass is 32.2. The second kappa shape index (κ2) is 4.52. The van der Waals surface area contributed by atoms with Crippen molar-refractivity contribution in [1.82, 2.24) is 15.1 Å². The SMILES string of the molecule is Cc1cc(N)nc(SCc2cc(C)on2)n1. The van der Waals surface area contributed by atoms with Gasteiger partial charge in [-0.1, -0.05) is 16.9 Å². The zero-order chi connectivity index (χ0) is 11.5. The number of hydrogen-bond acceptors (Lipinski definition) is 6. The summed E-state index contributed by atoms with van der Waals surface area (Å²) in [4.78, 5) is 8.40. The monoisotopic (exact) mass is 236 g/mol. The van der Waals surface area contributed by atoms with Crippen molar-refractivity contribution in [2.24, 2.45) is 0 Å². The molecule has 0 aromatic carbocycles. The first-order chi connectivity index (χ1) is 7.63. The maximum Gasteiger partial charge on any atom is 0.190 e. The molecule has 84 valence electrons. The van der Waals surface area contributed by atoms with Crippen molar-refractivity contribution in [2.75, 3.05) is 5.73 Å². The molecule has 5 nitrogen and oxygen atoms in total. The molecule has 2 aromatic heterocycles. The standard InChI is InChI=1S/C10H12N4OS/c1-6-3-9(11)13-10(12-6)16-5-8-4-7(2)15-14-8/h3-4H,5H2,1-2H3,(H2,11,12,13). The molecular weight excluding hydrogens is 224 g/mol. The van der Waals surface area contributed by atoms with Crippen LogP contribution in [0.2, 0.25) is 0 Å². The highest BCUT2D eigenvalue weighted by molar-refractivity contribution is 7.98. The van der Waals surface area contributed by atoms with Gasteiger partial charge in [0.15, 0.2) is 5.16 Å². The third-order valence-electron chi connectivity index (χ3n) is 1.88. The molecule has 2 heterocycles. The zero-order valence-corrected chi connectivity index (χ0v) is 9.91. The topological polar surface area (TPSA) is 77.8 Å². The number of hydrogen-bond donors (Lipinski definition) is 1.